The number of imidazole rings is 1. The zero-order valence-corrected chi connectivity index (χ0v) is 15.9. The molecule has 0 amide bonds. The van der Waals surface area contributed by atoms with E-state index in [1.54, 1.807) is 18.2 Å². The number of anilines is 1. The number of carbonyl (C=O) groups excluding carboxylic acids is 1. The number of aromatic hydroxyl groups is 1. The van der Waals surface area contributed by atoms with Gasteiger partial charge in [-0.3, -0.25) is 4.57 Å². The number of nitrogens with zero attached hydrogens (tertiary/aromatic N) is 2. The normalized spacial score (nSPS) is 15.9. The van der Waals surface area contributed by atoms with E-state index in [0.717, 1.165) is 16.6 Å². The number of esters is 1. The summed E-state index contributed by atoms with van der Waals surface area (Å²) in [6, 6.07) is 12.4. The van der Waals surface area contributed by atoms with Gasteiger partial charge in [-0.2, -0.15) is 0 Å². The Morgan fingerprint density at radius 2 is 2.07 bits per heavy atom. The number of hydrogen-bond acceptors (Lipinski definition) is 6. The SMILES string of the molecule is CCOc1cc(C2C(C(=O)OC)=C(C)Nc3nc4ccccc4n32)ccc1O. The lowest BCUT2D eigenvalue weighted by atomic mass is 9.94. The summed E-state index contributed by atoms with van der Waals surface area (Å²) < 4.78 is 12.6. The fraction of sp³-hybridized carbons (Fsp3) is 0.238. The van der Waals surface area contributed by atoms with Crippen LogP contribution >= 0.6 is 0 Å². The number of methoxy groups -OCH3 is 1. The van der Waals surface area contributed by atoms with Gasteiger partial charge in [0.2, 0.25) is 5.95 Å². The summed E-state index contributed by atoms with van der Waals surface area (Å²) in [4.78, 5) is 17.3. The number of nitrogens with one attached hydrogen (secondary N) is 1. The van der Waals surface area contributed by atoms with E-state index in [2.05, 4.69) is 10.3 Å². The summed E-state index contributed by atoms with van der Waals surface area (Å²) in [6.07, 6.45) is 0. The van der Waals surface area contributed by atoms with Crippen LogP contribution in [-0.2, 0) is 9.53 Å². The summed E-state index contributed by atoms with van der Waals surface area (Å²) in [7, 11) is 1.36. The Labute approximate surface area is 162 Å². The minimum absolute atomic E-state index is 0.0515. The van der Waals surface area contributed by atoms with Crippen molar-refractivity contribution >= 4 is 23.0 Å². The molecule has 7 nitrogen and oxygen atoms in total. The molecule has 0 aliphatic carbocycles. The average Bonchev–Trinajstić information content (AvgIpc) is 3.06. The number of fused-ring (bicyclic) bond motifs is 3. The number of ether oxygens (including phenoxy) is 2. The first-order valence-corrected chi connectivity index (χ1v) is 9.04. The van der Waals surface area contributed by atoms with Gasteiger partial charge < -0.3 is 19.9 Å². The van der Waals surface area contributed by atoms with Crippen LogP contribution in [-0.4, -0.2) is 34.3 Å². The number of rotatable bonds is 4. The monoisotopic (exact) mass is 379 g/mol. The summed E-state index contributed by atoms with van der Waals surface area (Å²) in [5.74, 6) is 0.633. The van der Waals surface area contributed by atoms with Crippen molar-refractivity contribution < 1.29 is 19.4 Å². The molecule has 1 atom stereocenters. The van der Waals surface area contributed by atoms with E-state index < -0.39 is 12.0 Å². The topological polar surface area (TPSA) is 85.6 Å². The molecule has 1 aliphatic heterocycles. The number of phenols is 1. The molecule has 0 bridgehead atoms. The second kappa shape index (κ2) is 6.92. The first kappa shape index (κ1) is 17.9. The maximum absolute atomic E-state index is 12.7. The highest BCUT2D eigenvalue weighted by Crippen LogP contribution is 2.41. The molecule has 2 N–H and O–H groups in total. The van der Waals surface area contributed by atoms with Crippen LogP contribution in [0.1, 0.15) is 25.5 Å². The van der Waals surface area contributed by atoms with Gasteiger partial charge in [0.05, 0.1) is 36.4 Å². The van der Waals surface area contributed by atoms with Crippen LogP contribution < -0.4 is 10.1 Å². The summed E-state index contributed by atoms with van der Waals surface area (Å²) >= 11 is 0. The van der Waals surface area contributed by atoms with E-state index in [1.165, 1.54) is 7.11 Å². The van der Waals surface area contributed by atoms with Crippen molar-refractivity contribution in [1.29, 1.82) is 0 Å². The van der Waals surface area contributed by atoms with Crippen molar-refractivity contribution in [2.24, 2.45) is 0 Å². The predicted molar refractivity (Wildman–Crippen MR) is 105 cm³/mol. The zero-order valence-electron chi connectivity index (χ0n) is 15.9. The molecule has 7 heteroatoms. The van der Waals surface area contributed by atoms with Crippen molar-refractivity contribution in [3.8, 4) is 11.5 Å². The molecular formula is C21H21N3O4. The standard InChI is InChI=1S/C21H21N3O4/c1-4-28-17-11-13(9-10-16(17)25)19-18(20(26)27-3)12(2)22-21-23-14-7-5-6-8-15(14)24(19)21/h5-11,19,25H,4H2,1-3H3,(H,22,23). The van der Waals surface area contributed by atoms with Gasteiger partial charge in [0.1, 0.15) is 0 Å². The van der Waals surface area contributed by atoms with Crippen molar-refractivity contribution in [2.75, 3.05) is 19.0 Å². The molecule has 144 valence electrons. The highest BCUT2D eigenvalue weighted by Gasteiger charge is 2.35. The number of hydrogen-bond donors (Lipinski definition) is 2. The molecule has 1 aliphatic rings. The third-order valence-electron chi connectivity index (χ3n) is 4.84. The lowest BCUT2D eigenvalue weighted by Crippen LogP contribution is -2.28. The molecule has 2 aromatic carbocycles. The number of benzene rings is 2. The van der Waals surface area contributed by atoms with Crippen molar-refractivity contribution in [3.63, 3.8) is 0 Å². The molecule has 0 saturated carbocycles. The third kappa shape index (κ3) is 2.76. The predicted octanol–water partition coefficient (Wildman–Crippen LogP) is 3.60. The molecule has 28 heavy (non-hydrogen) atoms. The van der Waals surface area contributed by atoms with Crippen molar-refractivity contribution in [1.82, 2.24) is 9.55 Å². The lowest BCUT2D eigenvalue weighted by Gasteiger charge is -2.30. The Kier molecular flexibility index (Phi) is 4.43. The Balaban J connectivity index is 1.99. The minimum Gasteiger partial charge on any atom is -0.504 e. The van der Waals surface area contributed by atoms with Crippen LogP contribution in [0.25, 0.3) is 11.0 Å². The lowest BCUT2D eigenvalue weighted by molar-refractivity contribution is -0.136. The van der Waals surface area contributed by atoms with E-state index in [0.29, 0.717) is 29.6 Å². The van der Waals surface area contributed by atoms with Gasteiger partial charge in [-0.1, -0.05) is 18.2 Å². The summed E-state index contributed by atoms with van der Waals surface area (Å²) in [6.45, 7) is 4.09. The second-order valence-corrected chi connectivity index (χ2v) is 6.51. The van der Waals surface area contributed by atoms with Crippen molar-refractivity contribution in [3.05, 3.63) is 59.3 Å². The van der Waals surface area contributed by atoms with Crippen LogP contribution in [0.4, 0.5) is 5.95 Å². The van der Waals surface area contributed by atoms with Crippen LogP contribution in [0, 0.1) is 0 Å². The van der Waals surface area contributed by atoms with Gasteiger partial charge in [0, 0.05) is 5.70 Å². The van der Waals surface area contributed by atoms with E-state index in [9.17, 15) is 9.90 Å². The minimum atomic E-state index is -0.476. The molecule has 0 radical (unpaired) electrons. The van der Waals surface area contributed by atoms with Gasteiger partial charge in [-0.15, -0.1) is 0 Å². The van der Waals surface area contributed by atoms with Gasteiger partial charge >= 0.3 is 5.97 Å². The molecule has 1 aromatic heterocycles. The van der Waals surface area contributed by atoms with E-state index >= 15 is 0 Å². The van der Waals surface area contributed by atoms with Crippen LogP contribution in [0.5, 0.6) is 11.5 Å². The molecule has 0 spiro atoms. The molecule has 3 aromatic rings. The van der Waals surface area contributed by atoms with Crippen LogP contribution in [0.15, 0.2) is 53.7 Å². The van der Waals surface area contributed by atoms with Gasteiger partial charge in [-0.05, 0) is 43.7 Å². The van der Waals surface area contributed by atoms with Crippen LogP contribution in [0.2, 0.25) is 0 Å². The van der Waals surface area contributed by atoms with Gasteiger partial charge in [0.25, 0.3) is 0 Å². The molecule has 0 fully saturated rings. The fourth-order valence-electron chi connectivity index (χ4n) is 3.63. The summed E-state index contributed by atoms with van der Waals surface area (Å²) in [5.41, 5.74) is 3.64. The van der Waals surface area contributed by atoms with Gasteiger partial charge in [-0.25, -0.2) is 9.78 Å². The Hall–Kier alpha value is -3.48. The van der Waals surface area contributed by atoms with Crippen LogP contribution in [0.3, 0.4) is 0 Å². The summed E-state index contributed by atoms with van der Waals surface area (Å²) in [5, 5.41) is 13.3. The number of allylic oxidation sites excluding steroid dienone is 1. The molecule has 1 unspecified atom stereocenters. The molecule has 2 heterocycles. The number of para-hydroxylation sites is 2. The maximum Gasteiger partial charge on any atom is 0.337 e. The highest BCUT2D eigenvalue weighted by molar-refractivity contribution is 5.94. The zero-order chi connectivity index (χ0) is 19.8. The first-order valence-electron chi connectivity index (χ1n) is 9.04. The number of aromatic nitrogens is 2. The maximum atomic E-state index is 12.7. The molecule has 4 rings (SSSR count). The Morgan fingerprint density at radius 3 is 2.82 bits per heavy atom. The highest BCUT2D eigenvalue weighted by atomic mass is 16.5. The number of carbonyl (C=O) groups is 1. The average molecular weight is 379 g/mol. The Morgan fingerprint density at radius 1 is 1.29 bits per heavy atom. The quantitative estimate of drug-likeness (QED) is 0.674. The van der Waals surface area contributed by atoms with Crippen molar-refractivity contribution in [2.45, 2.75) is 19.9 Å². The van der Waals surface area contributed by atoms with E-state index in [1.807, 2.05) is 42.7 Å². The second-order valence-electron chi connectivity index (χ2n) is 6.51. The first-order chi connectivity index (χ1) is 13.5. The molecule has 0 saturated heterocycles. The smallest absolute Gasteiger partial charge is 0.337 e. The molecular weight excluding hydrogens is 358 g/mol. The third-order valence-corrected chi connectivity index (χ3v) is 4.84. The van der Waals surface area contributed by atoms with E-state index in [-0.39, 0.29) is 5.75 Å². The Bertz CT molecular complexity index is 1100. The van der Waals surface area contributed by atoms with E-state index in [4.69, 9.17) is 9.47 Å². The largest absolute Gasteiger partial charge is 0.504 e. The van der Waals surface area contributed by atoms with Gasteiger partial charge in [0.15, 0.2) is 11.5 Å². The number of phenolic OH excluding ortho intramolecular Hbond substituents is 1. The fourth-order valence-corrected chi connectivity index (χ4v) is 3.63.